The molecule has 2 aliphatic heterocycles. The number of amides is 2. The van der Waals surface area contributed by atoms with Gasteiger partial charge in [-0.3, -0.25) is 9.59 Å². The van der Waals surface area contributed by atoms with Crippen LogP contribution in [0, 0.1) is 0 Å². The van der Waals surface area contributed by atoms with Crippen molar-refractivity contribution in [2.45, 2.75) is 38.6 Å². The summed E-state index contributed by atoms with van der Waals surface area (Å²) in [5.41, 5.74) is 4.04. The number of rotatable bonds is 4. The van der Waals surface area contributed by atoms with Crippen LogP contribution in [-0.2, 0) is 9.59 Å². The number of nitrogens with zero attached hydrogens (tertiary/aromatic N) is 2. The minimum Gasteiger partial charge on any atom is -0.372 e. The summed E-state index contributed by atoms with van der Waals surface area (Å²) in [6, 6.07) is 15.7. The highest BCUT2D eigenvalue weighted by Gasteiger charge is 2.28. The number of nitrogens with one attached hydrogen (secondary N) is 1. The maximum absolute atomic E-state index is 12.8. The Morgan fingerprint density at radius 2 is 1.72 bits per heavy atom. The summed E-state index contributed by atoms with van der Waals surface area (Å²) in [4.78, 5) is 28.9. The second kappa shape index (κ2) is 8.52. The third-order valence-electron chi connectivity index (χ3n) is 5.72. The molecular formula is C24H27N3O2. The van der Waals surface area contributed by atoms with Gasteiger partial charge in [0.05, 0.1) is 12.5 Å². The zero-order valence-electron chi connectivity index (χ0n) is 16.8. The molecule has 0 radical (unpaired) electrons. The standard InChI is InChI=1S/C24H27N3O2/c1-18(28)27-16-13-19-7-3-4-8-22(19)23(27)17-24(29)25-20-9-11-21(12-10-20)26-14-5-2-6-15-26/h3-4,7-13,16,23H,2,5-6,14-15,17H2,1H3,(H,25,29)/t23-/m1/s1. The average molecular weight is 389 g/mol. The normalized spacial score (nSPS) is 18.3. The van der Waals surface area contributed by atoms with Crippen molar-refractivity contribution in [2.75, 3.05) is 23.3 Å². The fourth-order valence-electron chi connectivity index (χ4n) is 4.21. The molecule has 0 unspecified atom stereocenters. The molecule has 1 atom stereocenters. The monoisotopic (exact) mass is 389 g/mol. The Balaban J connectivity index is 1.44. The van der Waals surface area contributed by atoms with E-state index in [-0.39, 0.29) is 24.3 Å². The molecule has 2 aliphatic rings. The van der Waals surface area contributed by atoms with Gasteiger partial charge < -0.3 is 15.1 Å². The number of benzene rings is 2. The molecule has 0 aromatic heterocycles. The first kappa shape index (κ1) is 19.2. The Bertz CT molecular complexity index is 914. The van der Waals surface area contributed by atoms with E-state index in [1.165, 1.54) is 31.9 Å². The second-order valence-electron chi connectivity index (χ2n) is 7.73. The van der Waals surface area contributed by atoms with Crippen LogP contribution in [0.3, 0.4) is 0 Å². The third-order valence-corrected chi connectivity index (χ3v) is 5.72. The van der Waals surface area contributed by atoms with Gasteiger partial charge >= 0.3 is 0 Å². The highest BCUT2D eigenvalue weighted by Crippen LogP contribution is 2.33. The van der Waals surface area contributed by atoms with Crippen LogP contribution >= 0.6 is 0 Å². The van der Waals surface area contributed by atoms with E-state index in [0.29, 0.717) is 0 Å². The van der Waals surface area contributed by atoms with Gasteiger partial charge in [-0.05, 0) is 60.7 Å². The SMILES string of the molecule is CC(=O)N1C=Cc2ccccc2[C@H]1CC(=O)Nc1ccc(N2CCCCC2)cc1. The number of carbonyl (C=O) groups is 2. The van der Waals surface area contributed by atoms with E-state index in [2.05, 4.69) is 22.3 Å². The van der Waals surface area contributed by atoms with Crippen molar-refractivity contribution in [1.29, 1.82) is 0 Å². The van der Waals surface area contributed by atoms with Crippen molar-refractivity contribution in [1.82, 2.24) is 4.90 Å². The van der Waals surface area contributed by atoms with Crippen molar-refractivity contribution in [3.8, 4) is 0 Å². The number of fused-ring (bicyclic) bond motifs is 1. The van der Waals surface area contributed by atoms with Gasteiger partial charge in [0, 0.05) is 37.6 Å². The van der Waals surface area contributed by atoms with Gasteiger partial charge in [-0.25, -0.2) is 0 Å². The van der Waals surface area contributed by atoms with E-state index in [0.717, 1.165) is 29.9 Å². The van der Waals surface area contributed by atoms with Crippen LogP contribution in [0.4, 0.5) is 11.4 Å². The average Bonchev–Trinajstić information content (AvgIpc) is 2.75. The van der Waals surface area contributed by atoms with Crippen molar-refractivity contribution in [2.24, 2.45) is 0 Å². The second-order valence-corrected chi connectivity index (χ2v) is 7.73. The molecule has 4 rings (SSSR count). The number of hydrogen-bond donors (Lipinski definition) is 1. The summed E-state index contributed by atoms with van der Waals surface area (Å²) in [6.07, 6.45) is 7.70. The van der Waals surface area contributed by atoms with E-state index >= 15 is 0 Å². The van der Waals surface area contributed by atoms with Crippen molar-refractivity contribution >= 4 is 29.3 Å². The lowest BCUT2D eigenvalue weighted by atomic mass is 9.93. The topological polar surface area (TPSA) is 52.7 Å². The van der Waals surface area contributed by atoms with Crippen molar-refractivity contribution in [3.63, 3.8) is 0 Å². The zero-order chi connectivity index (χ0) is 20.2. The molecule has 0 bridgehead atoms. The largest absolute Gasteiger partial charge is 0.372 e. The minimum atomic E-state index is -0.290. The highest BCUT2D eigenvalue weighted by molar-refractivity contribution is 5.92. The first-order valence-electron chi connectivity index (χ1n) is 10.3. The summed E-state index contributed by atoms with van der Waals surface area (Å²) in [7, 11) is 0. The molecule has 2 heterocycles. The molecule has 2 amide bonds. The zero-order valence-corrected chi connectivity index (χ0v) is 16.8. The number of carbonyl (C=O) groups excluding carboxylic acids is 2. The van der Waals surface area contributed by atoms with Gasteiger partial charge in [0.1, 0.15) is 0 Å². The molecule has 0 spiro atoms. The van der Waals surface area contributed by atoms with Crippen LogP contribution in [0.1, 0.15) is 49.8 Å². The molecule has 0 saturated carbocycles. The molecule has 5 heteroatoms. The van der Waals surface area contributed by atoms with E-state index in [1.807, 2.05) is 42.5 Å². The quantitative estimate of drug-likeness (QED) is 0.833. The number of piperidine rings is 1. The fraction of sp³-hybridized carbons (Fsp3) is 0.333. The minimum absolute atomic E-state index is 0.0700. The Kier molecular flexibility index (Phi) is 5.65. The van der Waals surface area contributed by atoms with Crippen LogP contribution in [0.25, 0.3) is 6.08 Å². The molecule has 1 fully saturated rings. The smallest absolute Gasteiger partial charge is 0.226 e. The van der Waals surface area contributed by atoms with Gasteiger partial charge in [0.2, 0.25) is 11.8 Å². The van der Waals surface area contributed by atoms with Crippen LogP contribution < -0.4 is 10.2 Å². The summed E-state index contributed by atoms with van der Waals surface area (Å²) >= 11 is 0. The molecular weight excluding hydrogens is 362 g/mol. The molecule has 1 N–H and O–H groups in total. The Labute approximate surface area is 172 Å². The number of hydrogen-bond acceptors (Lipinski definition) is 3. The van der Waals surface area contributed by atoms with Crippen molar-refractivity contribution in [3.05, 3.63) is 65.9 Å². The van der Waals surface area contributed by atoms with E-state index in [9.17, 15) is 9.59 Å². The molecule has 2 aromatic rings. The van der Waals surface area contributed by atoms with Crippen LogP contribution in [0.2, 0.25) is 0 Å². The molecule has 29 heavy (non-hydrogen) atoms. The Morgan fingerprint density at radius 3 is 2.45 bits per heavy atom. The molecule has 2 aromatic carbocycles. The van der Waals surface area contributed by atoms with Crippen LogP contribution in [0.15, 0.2) is 54.7 Å². The molecule has 5 nitrogen and oxygen atoms in total. The van der Waals surface area contributed by atoms with Gasteiger partial charge in [-0.2, -0.15) is 0 Å². The van der Waals surface area contributed by atoms with Crippen LogP contribution in [-0.4, -0.2) is 29.8 Å². The predicted molar refractivity (Wildman–Crippen MR) is 116 cm³/mol. The van der Waals surface area contributed by atoms with Crippen molar-refractivity contribution < 1.29 is 9.59 Å². The lowest BCUT2D eigenvalue weighted by Crippen LogP contribution is -2.33. The summed E-state index contributed by atoms with van der Waals surface area (Å²) in [5.74, 6) is -0.170. The maximum atomic E-state index is 12.8. The highest BCUT2D eigenvalue weighted by atomic mass is 16.2. The van der Waals surface area contributed by atoms with Crippen LogP contribution in [0.5, 0.6) is 0 Å². The van der Waals surface area contributed by atoms with Gasteiger partial charge in [-0.1, -0.05) is 24.3 Å². The summed E-state index contributed by atoms with van der Waals surface area (Å²) in [6.45, 7) is 3.73. The Hall–Kier alpha value is -3.08. The van der Waals surface area contributed by atoms with E-state index < -0.39 is 0 Å². The maximum Gasteiger partial charge on any atom is 0.226 e. The van der Waals surface area contributed by atoms with Gasteiger partial charge in [-0.15, -0.1) is 0 Å². The van der Waals surface area contributed by atoms with E-state index in [4.69, 9.17) is 0 Å². The molecule has 1 saturated heterocycles. The first-order chi connectivity index (χ1) is 14.1. The van der Waals surface area contributed by atoms with E-state index in [1.54, 1.807) is 11.1 Å². The van der Waals surface area contributed by atoms with Gasteiger partial charge in [0.25, 0.3) is 0 Å². The Morgan fingerprint density at radius 1 is 1.00 bits per heavy atom. The first-order valence-corrected chi connectivity index (χ1v) is 10.3. The summed E-state index contributed by atoms with van der Waals surface area (Å²) in [5, 5.41) is 2.99. The lowest BCUT2D eigenvalue weighted by molar-refractivity contribution is -0.129. The molecule has 0 aliphatic carbocycles. The fourth-order valence-corrected chi connectivity index (χ4v) is 4.21. The third kappa shape index (κ3) is 4.34. The predicted octanol–water partition coefficient (Wildman–Crippen LogP) is 4.58. The summed E-state index contributed by atoms with van der Waals surface area (Å²) < 4.78 is 0. The lowest BCUT2D eigenvalue weighted by Gasteiger charge is -2.32. The number of anilines is 2. The van der Waals surface area contributed by atoms with Gasteiger partial charge in [0.15, 0.2) is 0 Å². The molecule has 150 valence electrons.